The molecule has 0 fully saturated rings. The van der Waals surface area contributed by atoms with Gasteiger partial charge in [-0.2, -0.15) is 5.26 Å². The molecule has 0 radical (unpaired) electrons. The third-order valence-electron chi connectivity index (χ3n) is 11.0. The topological polar surface area (TPSA) is 30.3 Å². The molecule has 0 saturated heterocycles. The average Bonchev–Trinajstić information content (AvgIpc) is 3.30. The molecular weight excluding hydrogens is 703 g/mol. The summed E-state index contributed by atoms with van der Waals surface area (Å²) in [6, 6.07) is 81.8. The van der Waals surface area contributed by atoms with Crippen molar-refractivity contribution >= 4 is 66.4 Å². The van der Waals surface area contributed by atoms with E-state index in [4.69, 9.17) is 0 Å². The van der Waals surface area contributed by atoms with E-state index in [0.29, 0.717) is 5.56 Å². The molecule has 0 aromatic heterocycles. The average molecular weight is 740 g/mol. The van der Waals surface area contributed by atoms with Gasteiger partial charge in [0.2, 0.25) is 0 Å². The molecule has 0 N–H and O–H groups in total. The second-order valence-corrected chi connectivity index (χ2v) is 14.5. The summed E-state index contributed by atoms with van der Waals surface area (Å²) in [5, 5.41) is 16.7. The fourth-order valence-electron chi connectivity index (χ4n) is 8.36. The Kier molecular flexibility index (Phi) is 8.91. The number of benzene rings is 10. The Morgan fingerprint density at radius 1 is 0.293 bits per heavy atom. The van der Waals surface area contributed by atoms with Gasteiger partial charge in [0.1, 0.15) is 0 Å². The summed E-state index contributed by atoms with van der Waals surface area (Å²) in [5.74, 6) is 0. The van der Waals surface area contributed by atoms with Gasteiger partial charge in [-0.1, -0.05) is 140 Å². The molecule has 58 heavy (non-hydrogen) atoms. The minimum absolute atomic E-state index is 0.634. The third-order valence-corrected chi connectivity index (χ3v) is 11.0. The van der Waals surface area contributed by atoms with E-state index < -0.39 is 0 Å². The highest BCUT2D eigenvalue weighted by atomic mass is 15.1. The Hall–Kier alpha value is -7.93. The summed E-state index contributed by atoms with van der Waals surface area (Å²) in [6.07, 6.45) is 0. The summed E-state index contributed by atoms with van der Waals surface area (Å²) < 4.78 is 0. The lowest BCUT2D eigenvalue weighted by Gasteiger charge is -2.28. The zero-order chi connectivity index (χ0) is 38.8. The van der Waals surface area contributed by atoms with Crippen molar-refractivity contribution in [1.82, 2.24) is 0 Å². The van der Waals surface area contributed by atoms with Crippen molar-refractivity contribution in [2.24, 2.45) is 0 Å². The smallest absolute Gasteiger partial charge is 0.0991 e. The highest BCUT2D eigenvalue weighted by molar-refractivity contribution is 6.22. The summed E-state index contributed by atoms with van der Waals surface area (Å²) >= 11 is 0. The highest BCUT2D eigenvalue weighted by Crippen LogP contribution is 2.48. The Morgan fingerprint density at radius 3 is 1.19 bits per heavy atom. The van der Waals surface area contributed by atoms with Crippen LogP contribution < -0.4 is 9.80 Å². The van der Waals surface area contributed by atoms with Crippen LogP contribution in [-0.4, -0.2) is 0 Å². The quantitative estimate of drug-likeness (QED) is 0.145. The molecule has 10 rings (SSSR count). The summed E-state index contributed by atoms with van der Waals surface area (Å²) in [6.45, 7) is 0. The van der Waals surface area contributed by atoms with Crippen LogP contribution in [0, 0.1) is 11.3 Å². The molecule has 0 unspecified atom stereocenters. The lowest BCUT2D eigenvalue weighted by molar-refractivity contribution is 1.29. The van der Waals surface area contributed by atoms with Crippen LogP contribution in [0.4, 0.5) is 34.1 Å². The lowest BCUT2D eigenvalue weighted by Crippen LogP contribution is -2.10. The molecule has 3 nitrogen and oxygen atoms in total. The molecule has 0 amide bonds. The Balaban J connectivity index is 1.29. The molecule has 10 aromatic rings. The molecule has 272 valence electrons. The Morgan fingerprint density at radius 2 is 0.690 bits per heavy atom. The van der Waals surface area contributed by atoms with E-state index in [1.54, 1.807) is 0 Å². The molecular formula is C55H37N3. The van der Waals surface area contributed by atoms with Crippen LogP contribution in [0.15, 0.2) is 224 Å². The standard InChI is InChI=1S/C55H37N3/c56-38-39-25-27-42(28-26-39)55-51-34-32-49(58(46-23-11-4-12-24-46)47-30-29-40-15-13-14-18-43(40)35-47)37-52(51)54(41-16-5-1-6-17-41)50-33-31-48(36-53(50)55)57(44-19-7-2-8-20-44)45-21-9-3-10-22-45/h1-37H. The van der Waals surface area contributed by atoms with E-state index in [1.807, 2.05) is 12.1 Å². The first kappa shape index (κ1) is 34.6. The number of fused-ring (bicyclic) bond motifs is 3. The monoisotopic (exact) mass is 739 g/mol. The van der Waals surface area contributed by atoms with Crippen molar-refractivity contribution in [3.63, 3.8) is 0 Å². The summed E-state index contributed by atoms with van der Waals surface area (Å²) in [5.41, 5.74) is 11.6. The number of rotatable bonds is 8. The van der Waals surface area contributed by atoms with Gasteiger partial charge < -0.3 is 9.80 Å². The van der Waals surface area contributed by atoms with Crippen LogP contribution >= 0.6 is 0 Å². The Bertz CT molecular complexity index is 3060. The van der Waals surface area contributed by atoms with Gasteiger partial charge in [-0.15, -0.1) is 0 Å². The maximum absolute atomic E-state index is 9.79. The minimum atomic E-state index is 0.634. The van der Waals surface area contributed by atoms with Crippen LogP contribution in [0.3, 0.4) is 0 Å². The fourth-order valence-corrected chi connectivity index (χ4v) is 8.36. The van der Waals surface area contributed by atoms with Crippen molar-refractivity contribution < 1.29 is 0 Å². The van der Waals surface area contributed by atoms with Crippen LogP contribution in [0.1, 0.15) is 5.56 Å². The molecule has 10 aromatic carbocycles. The van der Waals surface area contributed by atoms with E-state index in [-0.39, 0.29) is 0 Å². The van der Waals surface area contributed by atoms with Crippen molar-refractivity contribution in [3.05, 3.63) is 230 Å². The first-order valence-corrected chi connectivity index (χ1v) is 19.6. The molecule has 3 heteroatoms. The summed E-state index contributed by atoms with van der Waals surface area (Å²) in [7, 11) is 0. The van der Waals surface area contributed by atoms with Gasteiger partial charge in [-0.3, -0.25) is 0 Å². The SMILES string of the molecule is N#Cc1ccc(-c2c3ccc(N(c4ccccc4)c4ccc5ccccc5c4)cc3c(-c3ccccc3)c3ccc(N(c4ccccc4)c4ccccc4)cc23)cc1. The van der Waals surface area contributed by atoms with E-state index in [1.165, 1.54) is 16.3 Å². The van der Waals surface area contributed by atoms with Gasteiger partial charge in [0, 0.05) is 34.1 Å². The minimum Gasteiger partial charge on any atom is -0.310 e. The van der Waals surface area contributed by atoms with E-state index in [2.05, 4.69) is 228 Å². The van der Waals surface area contributed by atoms with Crippen LogP contribution in [0.2, 0.25) is 0 Å². The van der Waals surface area contributed by atoms with Crippen LogP contribution in [0.5, 0.6) is 0 Å². The van der Waals surface area contributed by atoms with Gasteiger partial charge in [0.15, 0.2) is 0 Å². The van der Waals surface area contributed by atoms with Gasteiger partial charge >= 0.3 is 0 Å². The lowest BCUT2D eigenvalue weighted by atomic mass is 9.85. The molecule has 0 saturated carbocycles. The summed E-state index contributed by atoms with van der Waals surface area (Å²) in [4.78, 5) is 4.67. The third kappa shape index (κ3) is 6.30. The predicted molar refractivity (Wildman–Crippen MR) is 244 cm³/mol. The number of hydrogen-bond acceptors (Lipinski definition) is 3. The molecule has 0 bridgehead atoms. The van der Waals surface area contributed by atoms with Crippen molar-refractivity contribution in [2.75, 3.05) is 9.80 Å². The van der Waals surface area contributed by atoms with E-state index in [0.717, 1.165) is 72.4 Å². The number of nitriles is 1. The molecule has 0 spiro atoms. The van der Waals surface area contributed by atoms with E-state index in [9.17, 15) is 5.26 Å². The second kappa shape index (κ2) is 15.0. The molecule has 0 aliphatic rings. The van der Waals surface area contributed by atoms with Gasteiger partial charge in [0.05, 0.1) is 11.6 Å². The maximum atomic E-state index is 9.79. The first-order chi connectivity index (χ1) is 28.7. The largest absolute Gasteiger partial charge is 0.310 e. The Labute approximate surface area is 338 Å². The number of nitrogens with zero attached hydrogens (tertiary/aromatic N) is 3. The second-order valence-electron chi connectivity index (χ2n) is 14.5. The molecule has 0 aliphatic heterocycles. The zero-order valence-corrected chi connectivity index (χ0v) is 31.7. The highest BCUT2D eigenvalue weighted by Gasteiger charge is 2.22. The van der Waals surface area contributed by atoms with Gasteiger partial charge in [-0.05, 0) is 140 Å². The van der Waals surface area contributed by atoms with Crippen molar-refractivity contribution in [1.29, 1.82) is 5.26 Å². The molecule has 0 atom stereocenters. The zero-order valence-electron chi connectivity index (χ0n) is 31.7. The molecule has 0 aliphatic carbocycles. The maximum Gasteiger partial charge on any atom is 0.0991 e. The molecule has 0 heterocycles. The van der Waals surface area contributed by atoms with Crippen molar-refractivity contribution in [3.8, 4) is 28.3 Å². The number of hydrogen-bond donors (Lipinski definition) is 0. The first-order valence-electron chi connectivity index (χ1n) is 19.6. The number of anilines is 6. The van der Waals surface area contributed by atoms with Crippen molar-refractivity contribution in [2.45, 2.75) is 0 Å². The number of para-hydroxylation sites is 3. The fraction of sp³-hybridized carbons (Fsp3) is 0. The van der Waals surface area contributed by atoms with E-state index >= 15 is 0 Å². The predicted octanol–water partition coefficient (Wildman–Crippen LogP) is 15.3. The van der Waals surface area contributed by atoms with Crippen LogP contribution in [-0.2, 0) is 0 Å². The van der Waals surface area contributed by atoms with Gasteiger partial charge in [0.25, 0.3) is 0 Å². The van der Waals surface area contributed by atoms with Crippen LogP contribution in [0.25, 0.3) is 54.6 Å². The van der Waals surface area contributed by atoms with Gasteiger partial charge in [-0.25, -0.2) is 0 Å². The normalized spacial score (nSPS) is 11.1.